The van der Waals surface area contributed by atoms with E-state index < -0.39 is 10.0 Å². The number of carbonyl (C=O) groups is 1. The number of sulfonamides is 1. The largest absolute Gasteiger partial charge is 0.339 e. The fourth-order valence-corrected chi connectivity index (χ4v) is 3.62. The van der Waals surface area contributed by atoms with Crippen molar-refractivity contribution in [2.75, 3.05) is 52.1 Å². The quantitative estimate of drug-likeness (QED) is 0.687. The third-order valence-electron chi connectivity index (χ3n) is 3.96. The fraction of sp³-hybridized carbons (Fsp3) is 0.917. The SMILES string of the molecule is CS(=O)(=O)N1CCN(C(=O)CN2CCC[C@@H](N)C2)CC1. The number of nitrogens with zero attached hydrogens (tertiary/aromatic N) is 3. The molecule has 2 aliphatic heterocycles. The van der Waals surface area contributed by atoms with E-state index in [1.165, 1.54) is 10.6 Å². The molecule has 116 valence electrons. The second-order valence-electron chi connectivity index (χ2n) is 5.68. The van der Waals surface area contributed by atoms with Crippen LogP contribution in [0.25, 0.3) is 0 Å². The molecule has 0 bridgehead atoms. The van der Waals surface area contributed by atoms with Crippen LogP contribution in [0.1, 0.15) is 12.8 Å². The van der Waals surface area contributed by atoms with Gasteiger partial charge in [-0.3, -0.25) is 9.69 Å². The highest BCUT2D eigenvalue weighted by molar-refractivity contribution is 7.88. The fourth-order valence-electron chi connectivity index (χ4n) is 2.80. The molecule has 20 heavy (non-hydrogen) atoms. The summed E-state index contributed by atoms with van der Waals surface area (Å²) in [7, 11) is -3.14. The lowest BCUT2D eigenvalue weighted by atomic mass is 10.1. The number of hydrogen-bond donors (Lipinski definition) is 1. The molecule has 7 nitrogen and oxygen atoms in total. The first-order chi connectivity index (χ1) is 9.36. The zero-order chi connectivity index (χ0) is 14.8. The summed E-state index contributed by atoms with van der Waals surface area (Å²) >= 11 is 0. The van der Waals surface area contributed by atoms with Crippen molar-refractivity contribution < 1.29 is 13.2 Å². The van der Waals surface area contributed by atoms with Gasteiger partial charge in [0.25, 0.3) is 0 Å². The molecule has 1 atom stereocenters. The first-order valence-corrected chi connectivity index (χ1v) is 8.92. The van der Waals surface area contributed by atoms with Gasteiger partial charge in [-0.1, -0.05) is 0 Å². The van der Waals surface area contributed by atoms with Gasteiger partial charge in [-0.25, -0.2) is 8.42 Å². The molecule has 0 aromatic heterocycles. The summed E-state index contributed by atoms with van der Waals surface area (Å²) in [6, 6.07) is 0.165. The van der Waals surface area contributed by atoms with Gasteiger partial charge < -0.3 is 10.6 Å². The maximum Gasteiger partial charge on any atom is 0.236 e. The third kappa shape index (κ3) is 4.15. The highest BCUT2D eigenvalue weighted by Gasteiger charge is 2.27. The second-order valence-corrected chi connectivity index (χ2v) is 7.66. The molecule has 8 heteroatoms. The maximum absolute atomic E-state index is 12.2. The topological polar surface area (TPSA) is 87.0 Å². The minimum absolute atomic E-state index is 0.0762. The molecule has 2 aliphatic rings. The zero-order valence-corrected chi connectivity index (χ0v) is 12.8. The van der Waals surface area contributed by atoms with Crippen LogP contribution < -0.4 is 5.73 Å². The Kier molecular flexibility index (Phi) is 5.00. The highest BCUT2D eigenvalue weighted by atomic mass is 32.2. The molecule has 2 saturated heterocycles. The van der Waals surface area contributed by atoms with Crippen molar-refractivity contribution in [2.45, 2.75) is 18.9 Å². The van der Waals surface area contributed by atoms with Crippen LogP contribution in [0.4, 0.5) is 0 Å². The summed E-state index contributed by atoms with van der Waals surface area (Å²) < 4.78 is 24.3. The molecule has 2 rings (SSSR count). The summed E-state index contributed by atoms with van der Waals surface area (Å²) in [5.74, 6) is 0.0762. The number of amides is 1. The van der Waals surface area contributed by atoms with Gasteiger partial charge in [0, 0.05) is 38.8 Å². The Morgan fingerprint density at radius 2 is 1.85 bits per heavy atom. The normalized spacial score (nSPS) is 26.7. The van der Waals surface area contributed by atoms with Crippen molar-refractivity contribution >= 4 is 15.9 Å². The molecule has 2 heterocycles. The highest BCUT2D eigenvalue weighted by Crippen LogP contribution is 2.10. The van der Waals surface area contributed by atoms with Crippen molar-refractivity contribution in [3.8, 4) is 0 Å². The minimum atomic E-state index is -3.14. The molecular formula is C12H24N4O3S. The van der Waals surface area contributed by atoms with Crippen LogP contribution in [0.2, 0.25) is 0 Å². The molecule has 0 saturated carbocycles. The van der Waals surface area contributed by atoms with E-state index in [-0.39, 0.29) is 11.9 Å². The van der Waals surface area contributed by atoms with E-state index in [0.29, 0.717) is 32.7 Å². The van der Waals surface area contributed by atoms with Crippen LogP contribution in [-0.4, -0.2) is 86.5 Å². The Balaban J connectivity index is 1.80. The number of likely N-dealkylation sites (tertiary alicyclic amines) is 1. The van der Waals surface area contributed by atoms with Gasteiger partial charge in [0.05, 0.1) is 12.8 Å². The Morgan fingerprint density at radius 3 is 2.40 bits per heavy atom. The van der Waals surface area contributed by atoms with Crippen molar-refractivity contribution in [3.63, 3.8) is 0 Å². The maximum atomic E-state index is 12.2. The monoisotopic (exact) mass is 304 g/mol. The van der Waals surface area contributed by atoms with E-state index >= 15 is 0 Å². The minimum Gasteiger partial charge on any atom is -0.339 e. The van der Waals surface area contributed by atoms with Gasteiger partial charge in [-0.05, 0) is 19.4 Å². The molecule has 2 N–H and O–H groups in total. The Morgan fingerprint density at radius 1 is 1.20 bits per heavy atom. The van der Waals surface area contributed by atoms with Crippen LogP contribution in [0.5, 0.6) is 0 Å². The lowest BCUT2D eigenvalue weighted by Crippen LogP contribution is -2.53. The number of carbonyl (C=O) groups excluding carboxylic acids is 1. The second kappa shape index (κ2) is 6.38. The molecular weight excluding hydrogens is 280 g/mol. The Bertz CT molecular complexity index is 446. The summed E-state index contributed by atoms with van der Waals surface area (Å²) in [6.45, 7) is 3.83. The summed E-state index contributed by atoms with van der Waals surface area (Å²) in [5, 5.41) is 0. The standard InChI is InChI=1S/C12H24N4O3S/c1-20(18,19)16-7-5-15(6-8-16)12(17)10-14-4-2-3-11(13)9-14/h11H,2-10,13H2,1H3/t11-/m1/s1. The zero-order valence-electron chi connectivity index (χ0n) is 12.0. The van der Waals surface area contributed by atoms with Gasteiger partial charge in [0.15, 0.2) is 0 Å². The van der Waals surface area contributed by atoms with E-state index in [4.69, 9.17) is 5.73 Å². The van der Waals surface area contributed by atoms with Crippen LogP contribution in [0.15, 0.2) is 0 Å². The number of nitrogens with two attached hydrogens (primary N) is 1. The van der Waals surface area contributed by atoms with Gasteiger partial charge in [0.1, 0.15) is 0 Å². The van der Waals surface area contributed by atoms with Crippen molar-refractivity contribution in [1.29, 1.82) is 0 Å². The number of rotatable bonds is 3. The Labute approximate surface area is 120 Å². The molecule has 0 aliphatic carbocycles. The van der Waals surface area contributed by atoms with Crippen LogP contribution in [-0.2, 0) is 14.8 Å². The number of piperazine rings is 1. The molecule has 0 aromatic carbocycles. The summed E-state index contributed by atoms with van der Waals surface area (Å²) in [6.07, 6.45) is 3.27. The lowest BCUT2D eigenvalue weighted by molar-refractivity contribution is -0.133. The third-order valence-corrected chi connectivity index (χ3v) is 5.26. The Hall–Kier alpha value is -0.700. The van der Waals surface area contributed by atoms with Crippen LogP contribution in [0.3, 0.4) is 0 Å². The van der Waals surface area contributed by atoms with Gasteiger partial charge in [-0.15, -0.1) is 0 Å². The smallest absolute Gasteiger partial charge is 0.236 e. The van der Waals surface area contributed by atoms with Crippen molar-refractivity contribution in [2.24, 2.45) is 5.73 Å². The molecule has 0 unspecified atom stereocenters. The average molecular weight is 304 g/mol. The summed E-state index contributed by atoms with van der Waals surface area (Å²) in [5.41, 5.74) is 5.91. The molecule has 1 amide bonds. The molecule has 0 aromatic rings. The number of hydrogen-bond acceptors (Lipinski definition) is 5. The van der Waals surface area contributed by atoms with E-state index in [9.17, 15) is 13.2 Å². The number of piperidine rings is 1. The lowest BCUT2D eigenvalue weighted by Gasteiger charge is -2.36. The van der Waals surface area contributed by atoms with E-state index in [2.05, 4.69) is 4.90 Å². The van der Waals surface area contributed by atoms with Crippen LogP contribution in [0, 0.1) is 0 Å². The summed E-state index contributed by atoms with van der Waals surface area (Å²) in [4.78, 5) is 16.1. The van der Waals surface area contributed by atoms with Gasteiger partial charge >= 0.3 is 0 Å². The molecule has 0 spiro atoms. The van der Waals surface area contributed by atoms with E-state index in [1.54, 1.807) is 4.90 Å². The molecule has 2 fully saturated rings. The predicted molar refractivity (Wildman–Crippen MR) is 76.6 cm³/mol. The molecule has 0 radical (unpaired) electrons. The predicted octanol–water partition coefficient (Wildman–Crippen LogP) is -1.49. The van der Waals surface area contributed by atoms with Gasteiger partial charge in [-0.2, -0.15) is 4.31 Å². The first-order valence-electron chi connectivity index (χ1n) is 7.07. The average Bonchev–Trinajstić information content (AvgIpc) is 2.38. The van der Waals surface area contributed by atoms with E-state index in [1.807, 2.05) is 0 Å². The van der Waals surface area contributed by atoms with Gasteiger partial charge in [0.2, 0.25) is 15.9 Å². The first kappa shape index (κ1) is 15.7. The van der Waals surface area contributed by atoms with E-state index in [0.717, 1.165) is 25.9 Å². The van der Waals surface area contributed by atoms with Crippen molar-refractivity contribution in [1.82, 2.24) is 14.1 Å². The van der Waals surface area contributed by atoms with Crippen molar-refractivity contribution in [3.05, 3.63) is 0 Å². The van der Waals surface area contributed by atoms with Crippen LogP contribution >= 0.6 is 0 Å².